The van der Waals surface area contributed by atoms with E-state index in [1.165, 1.54) is 0 Å². The zero-order chi connectivity index (χ0) is 15.7. The van der Waals surface area contributed by atoms with Crippen molar-refractivity contribution in [2.75, 3.05) is 30.7 Å². The number of nitrogen functional groups attached to an aromatic ring is 1. The predicted molar refractivity (Wildman–Crippen MR) is 87.5 cm³/mol. The van der Waals surface area contributed by atoms with Crippen LogP contribution in [-0.2, 0) is 0 Å². The summed E-state index contributed by atoms with van der Waals surface area (Å²) in [6.07, 6.45) is 2.96. The first-order valence-electron chi connectivity index (χ1n) is 7.64. The molecular weight excluding hydrogens is 266 g/mol. The van der Waals surface area contributed by atoms with Crippen LogP contribution in [0.4, 0.5) is 11.4 Å². The van der Waals surface area contributed by atoms with Crippen LogP contribution in [0.5, 0.6) is 0 Å². The summed E-state index contributed by atoms with van der Waals surface area (Å²) in [5.41, 5.74) is 7.97. The van der Waals surface area contributed by atoms with Crippen molar-refractivity contribution in [1.82, 2.24) is 5.32 Å². The Kier molecular flexibility index (Phi) is 7.61. The molecule has 0 radical (unpaired) electrons. The Balaban J connectivity index is 2.65. The molecule has 0 aliphatic carbocycles. The van der Waals surface area contributed by atoms with Gasteiger partial charge < -0.3 is 21.5 Å². The smallest absolute Gasteiger partial charge is 0.251 e. The first-order chi connectivity index (χ1) is 10.1. The number of hydrogen-bond acceptors (Lipinski definition) is 4. The highest BCUT2D eigenvalue weighted by Crippen LogP contribution is 2.21. The van der Waals surface area contributed by atoms with Gasteiger partial charge in [-0.2, -0.15) is 0 Å². The highest BCUT2D eigenvalue weighted by molar-refractivity contribution is 5.96. The second-order valence-corrected chi connectivity index (χ2v) is 5.21. The molecule has 21 heavy (non-hydrogen) atoms. The van der Waals surface area contributed by atoms with E-state index in [4.69, 9.17) is 10.8 Å². The molecule has 0 fully saturated rings. The maximum absolute atomic E-state index is 11.7. The van der Waals surface area contributed by atoms with Crippen molar-refractivity contribution in [3.05, 3.63) is 23.8 Å². The van der Waals surface area contributed by atoms with Gasteiger partial charge in [-0.25, -0.2) is 0 Å². The lowest BCUT2D eigenvalue weighted by Crippen LogP contribution is -2.23. The van der Waals surface area contributed by atoms with Gasteiger partial charge in [-0.15, -0.1) is 0 Å². The second kappa shape index (κ2) is 9.23. The molecule has 0 heterocycles. The summed E-state index contributed by atoms with van der Waals surface area (Å²) in [4.78, 5) is 11.7. The molecule has 0 saturated carbocycles. The third kappa shape index (κ3) is 5.63. The van der Waals surface area contributed by atoms with Gasteiger partial charge in [0.1, 0.15) is 0 Å². The Morgan fingerprint density at radius 1 is 1.33 bits per heavy atom. The van der Waals surface area contributed by atoms with Crippen molar-refractivity contribution in [3.63, 3.8) is 0 Å². The Morgan fingerprint density at radius 3 is 2.67 bits per heavy atom. The van der Waals surface area contributed by atoms with E-state index in [9.17, 15) is 4.79 Å². The Bertz CT molecular complexity index is 443. The van der Waals surface area contributed by atoms with E-state index in [0.29, 0.717) is 23.7 Å². The van der Waals surface area contributed by atoms with Crippen LogP contribution in [0.25, 0.3) is 0 Å². The number of amides is 1. The van der Waals surface area contributed by atoms with Gasteiger partial charge in [-0.3, -0.25) is 4.79 Å². The SMILES string of the molecule is CCCC(CCO)CNc1ccc(C(=O)NCC)cc1N. The maximum atomic E-state index is 11.7. The standard InChI is InChI=1S/C16H27N3O2/c1-3-5-12(8-9-20)11-19-15-7-6-13(10-14(15)17)16(21)18-4-2/h6-7,10,12,19-20H,3-5,8-9,11,17H2,1-2H3,(H,18,21). The number of aliphatic hydroxyl groups is 1. The molecule has 0 saturated heterocycles. The molecule has 1 amide bonds. The predicted octanol–water partition coefficient (Wildman–Crippen LogP) is 2.23. The quantitative estimate of drug-likeness (QED) is 0.526. The van der Waals surface area contributed by atoms with Gasteiger partial charge in [0.2, 0.25) is 0 Å². The van der Waals surface area contributed by atoms with E-state index in [1.807, 2.05) is 13.0 Å². The molecule has 118 valence electrons. The lowest BCUT2D eigenvalue weighted by Gasteiger charge is -2.17. The number of carbonyl (C=O) groups is 1. The minimum absolute atomic E-state index is 0.111. The summed E-state index contributed by atoms with van der Waals surface area (Å²) in [7, 11) is 0. The maximum Gasteiger partial charge on any atom is 0.251 e. The summed E-state index contributed by atoms with van der Waals surface area (Å²) in [5, 5.41) is 15.1. The van der Waals surface area contributed by atoms with Gasteiger partial charge in [0, 0.05) is 25.3 Å². The van der Waals surface area contributed by atoms with Crippen LogP contribution in [0.1, 0.15) is 43.5 Å². The molecular formula is C16H27N3O2. The molecule has 0 aliphatic heterocycles. The number of nitrogens with two attached hydrogens (primary N) is 1. The van der Waals surface area contributed by atoms with E-state index >= 15 is 0 Å². The molecule has 0 aliphatic rings. The van der Waals surface area contributed by atoms with Crippen molar-refractivity contribution in [2.45, 2.75) is 33.1 Å². The number of nitrogens with one attached hydrogen (secondary N) is 2. The minimum atomic E-state index is -0.111. The molecule has 0 aromatic heterocycles. The van der Waals surface area contributed by atoms with E-state index in [-0.39, 0.29) is 12.5 Å². The minimum Gasteiger partial charge on any atom is -0.397 e. The fourth-order valence-electron chi connectivity index (χ4n) is 2.32. The summed E-state index contributed by atoms with van der Waals surface area (Å²) >= 11 is 0. The van der Waals surface area contributed by atoms with Gasteiger partial charge >= 0.3 is 0 Å². The monoisotopic (exact) mass is 293 g/mol. The topological polar surface area (TPSA) is 87.4 Å². The number of aliphatic hydroxyl groups excluding tert-OH is 1. The van der Waals surface area contributed by atoms with Crippen LogP contribution in [0.3, 0.4) is 0 Å². The lowest BCUT2D eigenvalue weighted by molar-refractivity contribution is 0.0956. The van der Waals surface area contributed by atoms with Crippen molar-refractivity contribution >= 4 is 17.3 Å². The normalized spacial score (nSPS) is 12.0. The van der Waals surface area contributed by atoms with Gasteiger partial charge in [0.15, 0.2) is 0 Å². The number of benzene rings is 1. The molecule has 5 N–H and O–H groups in total. The number of anilines is 2. The van der Waals surface area contributed by atoms with Crippen molar-refractivity contribution in [1.29, 1.82) is 0 Å². The van der Waals surface area contributed by atoms with Crippen molar-refractivity contribution in [2.24, 2.45) is 5.92 Å². The van der Waals surface area contributed by atoms with Gasteiger partial charge in [-0.05, 0) is 43.9 Å². The fourth-order valence-corrected chi connectivity index (χ4v) is 2.32. The van der Waals surface area contributed by atoms with E-state index in [0.717, 1.165) is 31.5 Å². The van der Waals surface area contributed by atoms with Crippen LogP contribution < -0.4 is 16.4 Å². The third-order valence-corrected chi connectivity index (χ3v) is 3.47. The Labute approximate surface area is 126 Å². The zero-order valence-electron chi connectivity index (χ0n) is 13.0. The first kappa shape index (κ1) is 17.3. The highest BCUT2D eigenvalue weighted by atomic mass is 16.3. The van der Waals surface area contributed by atoms with Crippen LogP contribution in [0, 0.1) is 5.92 Å². The molecule has 0 spiro atoms. The van der Waals surface area contributed by atoms with Crippen molar-refractivity contribution < 1.29 is 9.90 Å². The number of hydrogen-bond donors (Lipinski definition) is 4. The molecule has 0 bridgehead atoms. The van der Waals surface area contributed by atoms with Gasteiger partial charge in [-0.1, -0.05) is 13.3 Å². The Hall–Kier alpha value is -1.75. The number of rotatable bonds is 9. The van der Waals surface area contributed by atoms with Crippen molar-refractivity contribution in [3.8, 4) is 0 Å². The highest BCUT2D eigenvalue weighted by Gasteiger charge is 2.10. The largest absolute Gasteiger partial charge is 0.397 e. The molecule has 1 aromatic carbocycles. The van der Waals surface area contributed by atoms with Gasteiger partial charge in [0.25, 0.3) is 5.91 Å². The first-order valence-corrected chi connectivity index (χ1v) is 7.64. The Morgan fingerprint density at radius 2 is 2.10 bits per heavy atom. The average molecular weight is 293 g/mol. The summed E-state index contributed by atoms with van der Waals surface area (Å²) in [6.45, 7) is 5.60. The molecule has 5 heteroatoms. The molecule has 1 aromatic rings. The molecule has 1 unspecified atom stereocenters. The summed E-state index contributed by atoms with van der Waals surface area (Å²) in [6, 6.07) is 5.29. The van der Waals surface area contributed by atoms with Crippen LogP contribution >= 0.6 is 0 Å². The second-order valence-electron chi connectivity index (χ2n) is 5.21. The third-order valence-electron chi connectivity index (χ3n) is 3.47. The fraction of sp³-hybridized carbons (Fsp3) is 0.562. The lowest BCUT2D eigenvalue weighted by atomic mass is 10.00. The molecule has 1 rings (SSSR count). The molecule has 5 nitrogen and oxygen atoms in total. The molecule has 1 atom stereocenters. The van der Waals surface area contributed by atoms with Gasteiger partial charge in [0.05, 0.1) is 11.4 Å². The summed E-state index contributed by atoms with van der Waals surface area (Å²) in [5.74, 6) is 0.322. The average Bonchev–Trinajstić information content (AvgIpc) is 2.46. The summed E-state index contributed by atoms with van der Waals surface area (Å²) < 4.78 is 0. The van der Waals surface area contributed by atoms with E-state index < -0.39 is 0 Å². The van der Waals surface area contributed by atoms with Crippen LogP contribution in [0.2, 0.25) is 0 Å². The van der Waals surface area contributed by atoms with E-state index in [2.05, 4.69) is 17.6 Å². The van der Waals surface area contributed by atoms with E-state index in [1.54, 1.807) is 12.1 Å². The van der Waals surface area contributed by atoms with Crippen LogP contribution in [0.15, 0.2) is 18.2 Å². The number of carbonyl (C=O) groups excluding carboxylic acids is 1. The van der Waals surface area contributed by atoms with Crippen LogP contribution in [-0.4, -0.2) is 30.7 Å². The zero-order valence-corrected chi connectivity index (χ0v) is 13.0.